The molecule has 1 amide bonds. The molecule has 1 aromatic carbocycles. The van der Waals surface area contributed by atoms with Crippen molar-refractivity contribution >= 4 is 44.9 Å². The molecule has 0 radical (unpaired) electrons. The molecule has 2 aliphatic rings. The van der Waals surface area contributed by atoms with Gasteiger partial charge in [-0.05, 0) is 74.6 Å². The monoisotopic (exact) mass is 597 g/mol. The summed E-state index contributed by atoms with van der Waals surface area (Å²) in [5, 5.41) is 9.81. The minimum atomic E-state index is -3.91. The highest BCUT2D eigenvalue weighted by atomic mass is 35.5. The highest BCUT2D eigenvalue weighted by Crippen LogP contribution is 2.32. The number of nitrogens with one attached hydrogen (secondary N) is 1. The molecule has 2 aliphatic heterocycles. The van der Waals surface area contributed by atoms with Gasteiger partial charge in [-0.3, -0.25) is 4.79 Å². The van der Waals surface area contributed by atoms with E-state index in [9.17, 15) is 13.2 Å². The maximum atomic E-state index is 13.8. The number of rotatable bonds is 6. The van der Waals surface area contributed by atoms with Gasteiger partial charge in [-0.2, -0.15) is 0 Å². The predicted molar refractivity (Wildman–Crippen MR) is 162 cm³/mol. The molecule has 0 unspecified atom stereocenters. The van der Waals surface area contributed by atoms with Crippen molar-refractivity contribution in [1.82, 2.24) is 14.9 Å². The number of piperazine rings is 1. The number of sulfonamides is 1. The van der Waals surface area contributed by atoms with E-state index < -0.39 is 10.0 Å². The molecule has 10 nitrogen and oxygen atoms in total. The Balaban J connectivity index is 1.27. The number of hydrogen-bond donors (Lipinski definition) is 2. The molecule has 12 heteroatoms. The first-order valence-electron chi connectivity index (χ1n) is 13.8. The van der Waals surface area contributed by atoms with Crippen LogP contribution in [0.1, 0.15) is 39.9 Å². The van der Waals surface area contributed by atoms with Crippen LogP contribution in [0.15, 0.2) is 47.6 Å². The quantitative estimate of drug-likeness (QED) is 0.440. The molecule has 218 valence electrons. The van der Waals surface area contributed by atoms with Gasteiger partial charge in [0, 0.05) is 69.0 Å². The Bertz CT molecular complexity index is 1550. The molecule has 41 heavy (non-hydrogen) atoms. The van der Waals surface area contributed by atoms with E-state index in [2.05, 4.69) is 33.2 Å². The molecule has 2 fully saturated rings. The number of carbonyl (C=O) groups excluding carboxylic acids is 1. The third-order valence-corrected chi connectivity index (χ3v) is 9.22. The highest BCUT2D eigenvalue weighted by Gasteiger charge is 2.29. The van der Waals surface area contributed by atoms with Gasteiger partial charge in [0.1, 0.15) is 16.5 Å². The molecule has 0 spiro atoms. The Morgan fingerprint density at radius 3 is 2.17 bits per heavy atom. The zero-order chi connectivity index (χ0) is 29.3. The first kappa shape index (κ1) is 29.1. The summed E-state index contributed by atoms with van der Waals surface area (Å²) in [5.41, 5.74) is 4.73. The number of hydrogen-bond acceptors (Lipinski definition) is 8. The van der Waals surface area contributed by atoms with Crippen LogP contribution in [-0.4, -0.2) is 74.5 Å². The summed E-state index contributed by atoms with van der Waals surface area (Å²) in [6.07, 6.45) is 5.17. The van der Waals surface area contributed by atoms with Crippen molar-refractivity contribution in [3.63, 3.8) is 0 Å². The zero-order valence-corrected chi connectivity index (χ0v) is 25.2. The van der Waals surface area contributed by atoms with Crippen LogP contribution in [0.5, 0.6) is 0 Å². The Hall–Kier alpha value is -3.41. The summed E-state index contributed by atoms with van der Waals surface area (Å²) in [5.74, 6) is 1.13. The van der Waals surface area contributed by atoms with Gasteiger partial charge in [0.25, 0.3) is 5.91 Å². The smallest absolute Gasteiger partial charge is 0.254 e. The molecule has 0 aliphatic carbocycles. The summed E-state index contributed by atoms with van der Waals surface area (Å²) >= 11 is 6.36. The number of carbonyl (C=O) groups is 1. The van der Waals surface area contributed by atoms with Gasteiger partial charge in [0.05, 0.1) is 5.02 Å². The van der Waals surface area contributed by atoms with Gasteiger partial charge < -0.3 is 20.0 Å². The molecule has 0 atom stereocenters. The largest absolute Gasteiger partial charge is 0.382 e. The number of pyridine rings is 2. The van der Waals surface area contributed by atoms with E-state index in [1.165, 1.54) is 6.07 Å². The van der Waals surface area contributed by atoms with E-state index in [1.54, 1.807) is 18.5 Å². The molecule has 0 saturated carbocycles. The molecule has 3 aromatic rings. The van der Waals surface area contributed by atoms with E-state index in [4.69, 9.17) is 16.7 Å². The van der Waals surface area contributed by atoms with Gasteiger partial charge in [-0.25, -0.2) is 23.5 Å². The van der Waals surface area contributed by atoms with Crippen molar-refractivity contribution in [2.75, 3.05) is 54.4 Å². The number of anilines is 3. The molecule has 2 saturated heterocycles. The summed E-state index contributed by atoms with van der Waals surface area (Å²) in [4.78, 5) is 28.5. The summed E-state index contributed by atoms with van der Waals surface area (Å²) in [6, 6.07) is 9.07. The third kappa shape index (κ3) is 6.12. The van der Waals surface area contributed by atoms with Crippen LogP contribution in [0.4, 0.5) is 17.3 Å². The lowest BCUT2D eigenvalue weighted by Crippen LogP contribution is -2.49. The number of halogens is 1. The number of aromatic nitrogens is 2. The van der Waals surface area contributed by atoms with Crippen LogP contribution in [0.25, 0.3) is 0 Å². The molecule has 5 rings (SSSR count). The summed E-state index contributed by atoms with van der Waals surface area (Å²) in [6.45, 7) is 9.57. The fraction of sp³-hybridized carbons (Fsp3) is 0.414. The van der Waals surface area contributed by atoms with Crippen molar-refractivity contribution in [1.29, 1.82) is 0 Å². The second-order valence-electron chi connectivity index (χ2n) is 10.7. The average Bonchev–Trinajstić information content (AvgIpc) is 2.95. The van der Waals surface area contributed by atoms with Crippen LogP contribution >= 0.6 is 11.6 Å². The zero-order valence-electron chi connectivity index (χ0n) is 23.6. The minimum absolute atomic E-state index is 0.00493. The number of benzene rings is 1. The van der Waals surface area contributed by atoms with Gasteiger partial charge in [-0.15, -0.1) is 0 Å². The number of piperidine rings is 1. The third-order valence-electron chi connectivity index (χ3n) is 7.99. The number of aryl methyl sites for hydroxylation is 2. The second-order valence-corrected chi connectivity index (χ2v) is 12.7. The van der Waals surface area contributed by atoms with Gasteiger partial charge >= 0.3 is 0 Å². The predicted octanol–water partition coefficient (Wildman–Crippen LogP) is 3.75. The Kier molecular flexibility index (Phi) is 8.40. The lowest BCUT2D eigenvalue weighted by Gasteiger charge is -2.37. The van der Waals surface area contributed by atoms with E-state index in [-0.39, 0.29) is 16.8 Å². The maximum Gasteiger partial charge on any atom is 0.254 e. The van der Waals surface area contributed by atoms with E-state index in [0.717, 1.165) is 54.1 Å². The van der Waals surface area contributed by atoms with Gasteiger partial charge in [0.15, 0.2) is 0 Å². The average molecular weight is 598 g/mol. The number of nitrogens with two attached hydrogens (primary N) is 1. The minimum Gasteiger partial charge on any atom is -0.382 e. The number of amides is 1. The Morgan fingerprint density at radius 2 is 1.54 bits per heavy atom. The second kappa shape index (κ2) is 11.8. The van der Waals surface area contributed by atoms with Crippen molar-refractivity contribution in [2.24, 2.45) is 5.14 Å². The SMILES string of the molecule is Cc1cc(C)c(C(=O)N2CCN(c3ncccc3S(N)(=O)=O)CC2)c(C)c1NC1CCN(c2ncccc2Cl)CC1. The molecule has 2 aromatic heterocycles. The van der Waals surface area contributed by atoms with Crippen molar-refractivity contribution < 1.29 is 13.2 Å². The van der Waals surface area contributed by atoms with E-state index in [1.807, 2.05) is 35.8 Å². The first-order valence-corrected chi connectivity index (χ1v) is 15.7. The summed E-state index contributed by atoms with van der Waals surface area (Å²) < 4.78 is 24.1. The number of nitrogens with zero attached hydrogens (tertiary/aromatic N) is 5. The van der Waals surface area contributed by atoms with Crippen LogP contribution < -0.4 is 20.3 Å². The molecule has 3 N–H and O–H groups in total. The van der Waals surface area contributed by atoms with E-state index >= 15 is 0 Å². The van der Waals surface area contributed by atoms with Gasteiger partial charge in [0.2, 0.25) is 10.0 Å². The van der Waals surface area contributed by atoms with Crippen LogP contribution in [0.2, 0.25) is 5.02 Å². The maximum absolute atomic E-state index is 13.8. The van der Waals surface area contributed by atoms with Crippen LogP contribution in [-0.2, 0) is 10.0 Å². The van der Waals surface area contributed by atoms with Crippen LogP contribution in [0, 0.1) is 20.8 Å². The lowest BCUT2D eigenvalue weighted by molar-refractivity contribution is 0.0745. The summed E-state index contributed by atoms with van der Waals surface area (Å²) in [7, 11) is -3.91. The topological polar surface area (TPSA) is 125 Å². The Labute approximate surface area is 246 Å². The fourth-order valence-corrected chi connectivity index (χ4v) is 6.85. The van der Waals surface area contributed by atoms with E-state index in [0.29, 0.717) is 42.6 Å². The molecular weight excluding hydrogens is 562 g/mol. The highest BCUT2D eigenvalue weighted by molar-refractivity contribution is 7.89. The van der Waals surface area contributed by atoms with Crippen molar-refractivity contribution in [3.8, 4) is 0 Å². The first-order chi connectivity index (χ1) is 19.5. The molecule has 4 heterocycles. The standard InChI is InChI=1S/C29H36ClN7O3S/c1-19-18-20(2)26(34-22-8-12-35(13-9-22)27-23(30)6-4-10-32-27)21(3)25(19)29(38)37-16-14-36(15-17-37)28-24(41(31,39)40)7-5-11-33-28/h4-7,10-11,18,22,34H,8-9,12-17H2,1-3H3,(H2,31,39,40). The number of primary sulfonamides is 1. The normalized spacial score (nSPS) is 16.7. The van der Waals surface area contributed by atoms with Crippen molar-refractivity contribution in [2.45, 2.75) is 44.6 Å². The lowest BCUT2D eigenvalue weighted by atomic mass is 9.94. The Morgan fingerprint density at radius 1 is 0.927 bits per heavy atom. The van der Waals surface area contributed by atoms with Gasteiger partial charge in [-0.1, -0.05) is 17.7 Å². The molecular formula is C29H36ClN7O3S. The fourth-order valence-electron chi connectivity index (χ4n) is 5.91. The van der Waals surface area contributed by atoms with Crippen molar-refractivity contribution in [3.05, 3.63) is 70.0 Å². The molecule has 0 bridgehead atoms. The van der Waals surface area contributed by atoms with Crippen LogP contribution in [0.3, 0.4) is 0 Å².